The van der Waals surface area contributed by atoms with Gasteiger partial charge in [-0.3, -0.25) is 4.18 Å². The Balaban J connectivity index is 2.49. The van der Waals surface area contributed by atoms with Gasteiger partial charge in [-0.1, -0.05) is 20.8 Å². The molecular weight excluding hydrogens is 198 g/mol. The van der Waals surface area contributed by atoms with Crippen LogP contribution in [0.15, 0.2) is 0 Å². The van der Waals surface area contributed by atoms with Crippen LogP contribution in [-0.4, -0.2) is 17.8 Å². The van der Waals surface area contributed by atoms with E-state index in [4.69, 9.17) is 14.7 Å². The quantitative estimate of drug-likeness (QED) is 0.572. The fraction of sp³-hybridized carbons (Fsp3) is 1.00. The van der Waals surface area contributed by atoms with Crippen LogP contribution in [-0.2, 0) is 8.92 Å². The fourth-order valence-corrected chi connectivity index (χ4v) is 1.68. The van der Waals surface area contributed by atoms with E-state index in [2.05, 4.69) is 20.8 Å². The fourth-order valence-electron chi connectivity index (χ4n) is 1.01. The predicted molar refractivity (Wildman–Crippen MR) is 59.7 cm³/mol. The number of hydrogen-bond acceptors (Lipinski definition) is 4. The zero-order chi connectivity index (χ0) is 10.8. The molecule has 1 aliphatic rings. The Morgan fingerprint density at radius 1 is 1.36 bits per heavy atom. The molecule has 0 bridgehead atoms. The monoisotopic (exact) mass is 219 g/mol. The molecular formula is C10H21NO2S. The van der Waals surface area contributed by atoms with Gasteiger partial charge in [-0.15, -0.1) is 0 Å². The van der Waals surface area contributed by atoms with Gasteiger partial charge in [-0.2, -0.15) is 0 Å². The Hall–Kier alpha value is 0.230. The minimum absolute atomic E-state index is 0.0848. The first kappa shape index (κ1) is 12.3. The molecule has 0 aromatic carbocycles. The van der Waals surface area contributed by atoms with Gasteiger partial charge >= 0.3 is 0 Å². The Bertz CT molecular complexity index is 183. The molecule has 0 aromatic rings. The van der Waals surface area contributed by atoms with Crippen molar-refractivity contribution < 1.29 is 8.92 Å². The maximum Gasteiger partial charge on any atom is 0.172 e. The number of hydrogen-bond donors (Lipinski definition) is 1. The van der Waals surface area contributed by atoms with Crippen LogP contribution in [0.5, 0.6) is 0 Å². The molecule has 1 aliphatic heterocycles. The highest BCUT2D eigenvalue weighted by Gasteiger charge is 2.37. The molecule has 1 saturated heterocycles. The van der Waals surface area contributed by atoms with Crippen LogP contribution in [0.25, 0.3) is 0 Å². The van der Waals surface area contributed by atoms with Gasteiger partial charge in [-0.05, 0) is 25.4 Å². The van der Waals surface area contributed by atoms with Crippen molar-refractivity contribution >= 4 is 12.0 Å². The average Bonchev–Trinajstić information content (AvgIpc) is 2.03. The van der Waals surface area contributed by atoms with Crippen LogP contribution < -0.4 is 5.73 Å². The second kappa shape index (κ2) is 4.39. The van der Waals surface area contributed by atoms with E-state index in [1.165, 1.54) is 12.0 Å². The highest BCUT2D eigenvalue weighted by Crippen LogP contribution is 2.33. The summed E-state index contributed by atoms with van der Waals surface area (Å²) < 4.78 is 11.2. The van der Waals surface area contributed by atoms with Crippen LogP contribution in [0.3, 0.4) is 0 Å². The zero-order valence-electron chi connectivity index (χ0n) is 9.50. The minimum atomic E-state index is -0.643. The van der Waals surface area contributed by atoms with Crippen molar-refractivity contribution in [3.8, 4) is 0 Å². The Morgan fingerprint density at radius 3 is 2.43 bits per heavy atom. The lowest BCUT2D eigenvalue weighted by Crippen LogP contribution is -2.53. The van der Waals surface area contributed by atoms with Gasteiger partial charge in [0.05, 0.1) is 0 Å². The third-order valence-corrected chi connectivity index (χ3v) is 3.51. The van der Waals surface area contributed by atoms with E-state index in [-0.39, 0.29) is 11.7 Å². The average molecular weight is 219 g/mol. The molecule has 0 radical (unpaired) electrons. The summed E-state index contributed by atoms with van der Waals surface area (Å²) in [5.41, 5.74) is 5.39. The maximum absolute atomic E-state index is 6.11. The van der Waals surface area contributed by atoms with Crippen molar-refractivity contribution in [2.45, 2.75) is 52.6 Å². The molecule has 1 rings (SSSR count). The zero-order valence-corrected chi connectivity index (χ0v) is 10.3. The van der Waals surface area contributed by atoms with Crippen LogP contribution >= 0.6 is 12.0 Å². The summed E-state index contributed by atoms with van der Waals surface area (Å²) in [6.07, 6.45) is 1.92. The molecule has 84 valence electrons. The van der Waals surface area contributed by atoms with Gasteiger partial charge in [0.1, 0.15) is 5.72 Å². The summed E-state index contributed by atoms with van der Waals surface area (Å²) in [5, 5.41) is 0. The number of ether oxygens (including phenoxy) is 1. The van der Waals surface area contributed by atoms with Crippen LogP contribution in [0, 0.1) is 5.41 Å². The Kier molecular flexibility index (Phi) is 3.86. The standard InChI is InChI=1S/C10H21NO2S/c1-9(2,3)10(4,11)12-8-6-5-7-14-13-8/h8H,5-7,11H2,1-4H3. The number of nitrogens with two attached hydrogens (primary N) is 1. The molecule has 1 heterocycles. The minimum Gasteiger partial charge on any atom is -0.331 e. The SMILES string of the molecule is CC(C)(C)C(C)(N)OC1CCCSO1. The lowest BCUT2D eigenvalue weighted by molar-refractivity contribution is -0.200. The molecule has 1 fully saturated rings. The Morgan fingerprint density at radius 2 is 2.00 bits per heavy atom. The van der Waals surface area contributed by atoms with Crippen molar-refractivity contribution in [2.75, 3.05) is 5.75 Å². The molecule has 0 spiro atoms. The Labute approximate surface area is 90.9 Å². The molecule has 0 aliphatic carbocycles. The first-order valence-electron chi connectivity index (χ1n) is 5.08. The topological polar surface area (TPSA) is 44.5 Å². The van der Waals surface area contributed by atoms with Gasteiger partial charge in [0, 0.05) is 17.6 Å². The van der Waals surface area contributed by atoms with Gasteiger partial charge in [0.25, 0.3) is 0 Å². The van der Waals surface area contributed by atoms with E-state index in [0.717, 1.165) is 18.6 Å². The summed E-state index contributed by atoms with van der Waals surface area (Å²) in [5.74, 6) is 1.05. The molecule has 0 saturated carbocycles. The number of rotatable bonds is 2. The third kappa shape index (κ3) is 3.12. The van der Waals surface area contributed by atoms with Gasteiger partial charge < -0.3 is 10.5 Å². The van der Waals surface area contributed by atoms with E-state index in [1.807, 2.05) is 6.92 Å². The maximum atomic E-state index is 6.11. The van der Waals surface area contributed by atoms with Gasteiger partial charge in [0.15, 0.2) is 6.29 Å². The highest BCUT2D eigenvalue weighted by atomic mass is 32.2. The van der Waals surface area contributed by atoms with Gasteiger partial charge in [0.2, 0.25) is 0 Å². The van der Waals surface area contributed by atoms with Crippen LogP contribution in [0.1, 0.15) is 40.5 Å². The van der Waals surface area contributed by atoms with Gasteiger partial charge in [-0.25, -0.2) is 0 Å². The van der Waals surface area contributed by atoms with Crippen LogP contribution in [0.4, 0.5) is 0 Å². The second-order valence-corrected chi connectivity index (χ2v) is 5.80. The van der Waals surface area contributed by atoms with E-state index < -0.39 is 5.72 Å². The van der Waals surface area contributed by atoms with Crippen molar-refractivity contribution in [1.29, 1.82) is 0 Å². The third-order valence-electron chi connectivity index (χ3n) is 2.71. The van der Waals surface area contributed by atoms with Crippen molar-refractivity contribution in [3.05, 3.63) is 0 Å². The molecule has 2 atom stereocenters. The van der Waals surface area contributed by atoms with Crippen molar-refractivity contribution in [1.82, 2.24) is 0 Å². The molecule has 3 nitrogen and oxygen atoms in total. The van der Waals surface area contributed by atoms with E-state index in [0.29, 0.717) is 0 Å². The van der Waals surface area contributed by atoms with E-state index in [9.17, 15) is 0 Å². The predicted octanol–water partition coefficient (Wildman–Crippen LogP) is 2.51. The summed E-state index contributed by atoms with van der Waals surface area (Å²) in [6.45, 7) is 8.13. The lowest BCUT2D eigenvalue weighted by atomic mass is 9.85. The lowest BCUT2D eigenvalue weighted by Gasteiger charge is -2.41. The molecule has 2 unspecified atom stereocenters. The highest BCUT2D eigenvalue weighted by molar-refractivity contribution is 7.94. The summed E-state index contributed by atoms with van der Waals surface area (Å²) in [6, 6.07) is 0. The summed E-state index contributed by atoms with van der Waals surface area (Å²) in [7, 11) is 0. The molecule has 4 heteroatoms. The van der Waals surface area contributed by atoms with Crippen molar-refractivity contribution in [3.63, 3.8) is 0 Å². The second-order valence-electron chi connectivity index (χ2n) is 4.96. The smallest absolute Gasteiger partial charge is 0.172 e. The molecule has 2 N–H and O–H groups in total. The van der Waals surface area contributed by atoms with E-state index in [1.54, 1.807) is 0 Å². The summed E-state index contributed by atoms with van der Waals surface area (Å²) in [4.78, 5) is 0. The molecule has 14 heavy (non-hydrogen) atoms. The normalized spacial score (nSPS) is 28.5. The molecule has 0 amide bonds. The van der Waals surface area contributed by atoms with Crippen molar-refractivity contribution in [2.24, 2.45) is 11.1 Å². The first-order valence-corrected chi connectivity index (χ1v) is 5.99. The largest absolute Gasteiger partial charge is 0.331 e. The first-order chi connectivity index (χ1) is 6.33. The van der Waals surface area contributed by atoms with E-state index >= 15 is 0 Å². The van der Waals surface area contributed by atoms with Crippen LogP contribution in [0.2, 0.25) is 0 Å². The molecule has 0 aromatic heterocycles. The summed E-state index contributed by atoms with van der Waals surface area (Å²) >= 11 is 1.47.